The van der Waals surface area contributed by atoms with Crippen LogP contribution in [-0.2, 0) is 0 Å². The highest BCUT2D eigenvalue weighted by Crippen LogP contribution is 2.38. The average molecular weight is 207 g/mol. The first-order valence-corrected chi connectivity index (χ1v) is 5.71. The van der Waals surface area contributed by atoms with Gasteiger partial charge in [-0.2, -0.15) is 0 Å². The van der Waals surface area contributed by atoms with E-state index in [1.807, 2.05) is 0 Å². The molecule has 1 nitrogen and oxygen atoms in total. The van der Waals surface area contributed by atoms with E-state index in [0.29, 0.717) is 5.92 Å². The van der Waals surface area contributed by atoms with Crippen LogP contribution in [0, 0.1) is 11.7 Å². The molecule has 2 atom stereocenters. The van der Waals surface area contributed by atoms with Gasteiger partial charge < -0.3 is 5.73 Å². The smallest absolute Gasteiger partial charge is 0.123 e. The second-order valence-corrected chi connectivity index (χ2v) is 4.74. The van der Waals surface area contributed by atoms with Crippen LogP contribution in [-0.4, -0.2) is 0 Å². The lowest BCUT2D eigenvalue weighted by Crippen LogP contribution is -2.13. The first-order valence-electron chi connectivity index (χ1n) is 5.71. The van der Waals surface area contributed by atoms with Gasteiger partial charge in [0.05, 0.1) is 0 Å². The fourth-order valence-corrected chi connectivity index (χ4v) is 2.62. The molecule has 0 bridgehead atoms. The molecular formula is C13H18FN. The highest BCUT2D eigenvalue weighted by Gasteiger charge is 2.22. The molecule has 2 rings (SSSR count). The summed E-state index contributed by atoms with van der Waals surface area (Å²) in [5, 5.41) is 0. The van der Waals surface area contributed by atoms with E-state index < -0.39 is 0 Å². The summed E-state index contributed by atoms with van der Waals surface area (Å²) in [6.45, 7) is 2.27. The lowest BCUT2D eigenvalue weighted by Gasteiger charge is -2.27. The van der Waals surface area contributed by atoms with Crippen LogP contribution in [0.5, 0.6) is 0 Å². The van der Waals surface area contributed by atoms with Gasteiger partial charge in [-0.3, -0.25) is 0 Å². The van der Waals surface area contributed by atoms with Gasteiger partial charge in [-0.25, -0.2) is 4.39 Å². The molecule has 1 aromatic rings. The number of anilines is 1. The molecule has 0 spiro atoms. The topological polar surface area (TPSA) is 26.0 Å². The minimum absolute atomic E-state index is 0.169. The van der Waals surface area contributed by atoms with Crippen LogP contribution in [0.4, 0.5) is 10.1 Å². The van der Waals surface area contributed by atoms with Crippen molar-refractivity contribution in [2.75, 3.05) is 5.73 Å². The summed E-state index contributed by atoms with van der Waals surface area (Å²) >= 11 is 0. The molecule has 0 saturated heterocycles. The zero-order valence-electron chi connectivity index (χ0n) is 9.17. The van der Waals surface area contributed by atoms with Gasteiger partial charge in [0.1, 0.15) is 5.82 Å². The van der Waals surface area contributed by atoms with Crippen LogP contribution in [0.15, 0.2) is 18.2 Å². The Kier molecular flexibility index (Phi) is 2.94. The SMILES string of the molecule is C[C@H]1CCC[C@H](c2cc(F)ccc2N)C1. The van der Waals surface area contributed by atoms with E-state index >= 15 is 0 Å². The first-order chi connectivity index (χ1) is 7.16. The Bertz CT molecular complexity index is 348. The highest BCUT2D eigenvalue weighted by molar-refractivity contribution is 5.48. The molecule has 0 heterocycles. The Labute approximate surface area is 90.5 Å². The lowest BCUT2D eigenvalue weighted by molar-refractivity contribution is 0.344. The summed E-state index contributed by atoms with van der Waals surface area (Å²) in [6.07, 6.45) is 4.83. The maximum Gasteiger partial charge on any atom is 0.123 e. The normalized spacial score (nSPS) is 26.5. The van der Waals surface area contributed by atoms with Gasteiger partial charge in [-0.15, -0.1) is 0 Å². The third-order valence-corrected chi connectivity index (χ3v) is 3.43. The Morgan fingerprint density at radius 3 is 2.87 bits per heavy atom. The molecular weight excluding hydrogens is 189 g/mol. The fraction of sp³-hybridized carbons (Fsp3) is 0.538. The van der Waals surface area contributed by atoms with Crippen molar-refractivity contribution in [3.63, 3.8) is 0 Å². The average Bonchev–Trinajstić information content (AvgIpc) is 2.22. The summed E-state index contributed by atoms with van der Waals surface area (Å²) in [5.41, 5.74) is 7.66. The lowest BCUT2D eigenvalue weighted by atomic mass is 9.78. The number of halogens is 1. The third-order valence-electron chi connectivity index (χ3n) is 3.43. The Morgan fingerprint density at radius 2 is 2.13 bits per heavy atom. The maximum atomic E-state index is 13.1. The molecule has 2 N–H and O–H groups in total. The van der Waals surface area contributed by atoms with Gasteiger partial charge in [0.2, 0.25) is 0 Å². The molecule has 0 radical (unpaired) electrons. The van der Waals surface area contributed by atoms with Gasteiger partial charge in [0.15, 0.2) is 0 Å². The largest absolute Gasteiger partial charge is 0.398 e. The molecule has 82 valence electrons. The summed E-state index contributed by atoms with van der Waals surface area (Å²) in [5.74, 6) is 1.04. The van der Waals surface area contributed by atoms with Crippen LogP contribution in [0.3, 0.4) is 0 Å². The number of nitrogen functional groups attached to an aromatic ring is 1. The van der Waals surface area contributed by atoms with Gasteiger partial charge >= 0.3 is 0 Å². The Balaban J connectivity index is 2.24. The second kappa shape index (κ2) is 4.21. The monoisotopic (exact) mass is 207 g/mol. The van der Waals surface area contributed by atoms with E-state index in [9.17, 15) is 4.39 Å². The van der Waals surface area contributed by atoms with Crippen molar-refractivity contribution >= 4 is 5.69 Å². The van der Waals surface area contributed by atoms with Gasteiger partial charge in [-0.05, 0) is 48.4 Å². The zero-order chi connectivity index (χ0) is 10.8. The van der Waals surface area contributed by atoms with Crippen molar-refractivity contribution in [1.29, 1.82) is 0 Å². The van der Waals surface area contributed by atoms with Crippen molar-refractivity contribution in [3.8, 4) is 0 Å². The number of benzene rings is 1. The molecule has 1 aromatic carbocycles. The molecule has 1 aliphatic rings. The minimum Gasteiger partial charge on any atom is -0.398 e. The number of hydrogen-bond donors (Lipinski definition) is 1. The van der Waals surface area contributed by atoms with Gasteiger partial charge in [-0.1, -0.05) is 19.8 Å². The van der Waals surface area contributed by atoms with Crippen LogP contribution < -0.4 is 5.73 Å². The second-order valence-electron chi connectivity index (χ2n) is 4.74. The molecule has 0 amide bonds. The Morgan fingerprint density at radius 1 is 1.33 bits per heavy atom. The summed E-state index contributed by atoms with van der Waals surface area (Å²) in [6, 6.07) is 4.73. The predicted octanol–water partition coefficient (Wildman–Crippen LogP) is 3.70. The van der Waals surface area contributed by atoms with E-state index in [2.05, 4.69) is 6.92 Å². The van der Waals surface area contributed by atoms with Crippen LogP contribution in [0.25, 0.3) is 0 Å². The molecule has 15 heavy (non-hydrogen) atoms. The van der Waals surface area contributed by atoms with E-state index in [0.717, 1.165) is 30.0 Å². The van der Waals surface area contributed by atoms with Crippen LogP contribution >= 0.6 is 0 Å². The fourth-order valence-electron chi connectivity index (χ4n) is 2.62. The highest BCUT2D eigenvalue weighted by atomic mass is 19.1. The van der Waals surface area contributed by atoms with Crippen molar-refractivity contribution in [3.05, 3.63) is 29.6 Å². The first kappa shape index (κ1) is 10.5. The van der Waals surface area contributed by atoms with E-state index in [-0.39, 0.29) is 5.82 Å². The van der Waals surface area contributed by atoms with Crippen molar-refractivity contribution in [2.45, 2.75) is 38.5 Å². The van der Waals surface area contributed by atoms with Gasteiger partial charge in [0.25, 0.3) is 0 Å². The summed E-state index contributed by atoms with van der Waals surface area (Å²) < 4.78 is 13.1. The summed E-state index contributed by atoms with van der Waals surface area (Å²) in [4.78, 5) is 0. The maximum absolute atomic E-state index is 13.1. The standard InChI is InChI=1S/C13H18FN/c1-9-3-2-4-10(7-9)12-8-11(14)5-6-13(12)15/h5-6,8-10H,2-4,7,15H2,1H3/t9-,10-/m0/s1. The third kappa shape index (κ3) is 2.31. The molecule has 0 aromatic heterocycles. The molecule has 1 saturated carbocycles. The van der Waals surface area contributed by atoms with Crippen LogP contribution in [0.2, 0.25) is 0 Å². The molecule has 1 fully saturated rings. The number of hydrogen-bond acceptors (Lipinski definition) is 1. The van der Waals surface area contributed by atoms with Crippen LogP contribution in [0.1, 0.15) is 44.1 Å². The molecule has 1 aliphatic carbocycles. The van der Waals surface area contributed by atoms with Crippen molar-refractivity contribution in [2.24, 2.45) is 5.92 Å². The quantitative estimate of drug-likeness (QED) is 0.698. The van der Waals surface area contributed by atoms with Gasteiger partial charge in [0, 0.05) is 5.69 Å². The van der Waals surface area contributed by atoms with E-state index in [1.165, 1.54) is 18.9 Å². The Hall–Kier alpha value is -1.05. The van der Waals surface area contributed by atoms with E-state index in [1.54, 1.807) is 12.1 Å². The number of rotatable bonds is 1. The number of nitrogens with two attached hydrogens (primary N) is 1. The van der Waals surface area contributed by atoms with Crippen molar-refractivity contribution in [1.82, 2.24) is 0 Å². The summed E-state index contributed by atoms with van der Waals surface area (Å²) in [7, 11) is 0. The zero-order valence-corrected chi connectivity index (χ0v) is 9.17. The molecule has 0 aliphatic heterocycles. The predicted molar refractivity (Wildman–Crippen MR) is 61.2 cm³/mol. The molecule has 2 heteroatoms. The molecule has 0 unspecified atom stereocenters. The minimum atomic E-state index is -0.169. The van der Waals surface area contributed by atoms with Crippen molar-refractivity contribution < 1.29 is 4.39 Å². The van der Waals surface area contributed by atoms with E-state index in [4.69, 9.17) is 5.73 Å².